The van der Waals surface area contributed by atoms with E-state index in [1.165, 1.54) is 0 Å². The Hall–Kier alpha value is -4.47. The van der Waals surface area contributed by atoms with E-state index in [-0.39, 0.29) is 0 Å². The molecule has 12 N–H and O–H groups in total. The maximum absolute atomic E-state index is 10.0. The van der Waals surface area contributed by atoms with Gasteiger partial charge in [0.05, 0.1) is 21.6 Å². The van der Waals surface area contributed by atoms with Gasteiger partial charge in [-0.05, 0) is 33.4 Å². The van der Waals surface area contributed by atoms with Crippen LogP contribution < -0.4 is 0 Å². The van der Waals surface area contributed by atoms with Gasteiger partial charge in [0, 0.05) is 70.4 Å². The lowest BCUT2D eigenvalue weighted by Gasteiger charge is -2.38. The molecular formula is C48H54N3O12P3. The molecule has 0 amide bonds. The molecule has 0 aromatic heterocycles. The molecule has 1 aliphatic heterocycles. The van der Waals surface area contributed by atoms with Gasteiger partial charge in [-0.25, -0.2) is 13.5 Å². The molecule has 0 unspecified atom stereocenters. The summed E-state index contributed by atoms with van der Waals surface area (Å²) < 4.78 is 18.0. The fourth-order valence-electron chi connectivity index (χ4n) is 8.06. The summed E-state index contributed by atoms with van der Waals surface area (Å²) >= 11 is 0. The zero-order valence-corrected chi connectivity index (χ0v) is 38.3. The van der Waals surface area contributed by atoms with Crippen molar-refractivity contribution in [3.8, 4) is 0 Å². The smallest absolute Gasteiger partial charge is 0.178 e. The van der Waals surface area contributed by atoms with Gasteiger partial charge in [0.25, 0.3) is 0 Å². The molecule has 6 aromatic rings. The third kappa shape index (κ3) is 12.5. The first-order chi connectivity index (χ1) is 31.4. The highest BCUT2D eigenvalue weighted by molar-refractivity contribution is 7.85. The second-order valence-electron chi connectivity index (χ2n) is 16.5. The average Bonchev–Trinajstić information content (AvgIpc) is 3.27. The number of nitrogens with zero attached hydrogens (tertiary/aromatic N) is 3. The van der Waals surface area contributed by atoms with Crippen LogP contribution in [0.2, 0.25) is 0 Å². The quantitative estimate of drug-likeness (QED) is 0.0296. The Kier molecular flexibility index (Phi) is 15.9. The van der Waals surface area contributed by atoms with Crippen molar-refractivity contribution in [2.24, 2.45) is 13.5 Å². The minimum Gasteiger partial charge on any atom is -0.364 e. The topological polar surface area (TPSA) is 280 Å². The van der Waals surface area contributed by atoms with Crippen LogP contribution >= 0.6 is 21.6 Å². The molecule has 0 saturated carbocycles. The van der Waals surface area contributed by atoms with Gasteiger partial charge in [-0.2, -0.15) is 0 Å². The van der Waals surface area contributed by atoms with Crippen LogP contribution in [0.4, 0.5) is 0 Å². The molecule has 66 heavy (non-hydrogen) atoms. The second kappa shape index (κ2) is 21.2. The fourth-order valence-corrected chi connectivity index (χ4v) is 25.0. The van der Waals surface area contributed by atoms with Crippen molar-refractivity contribution >= 4 is 21.6 Å². The highest BCUT2D eigenvalue weighted by Crippen LogP contribution is 2.83. The minimum atomic E-state index is -3.12. The summed E-state index contributed by atoms with van der Waals surface area (Å²) in [4.78, 5) is 0. The van der Waals surface area contributed by atoms with Crippen molar-refractivity contribution in [3.05, 3.63) is 212 Å². The first kappa shape index (κ1) is 49.4. The maximum atomic E-state index is 10.0. The van der Waals surface area contributed by atoms with Crippen LogP contribution in [0.25, 0.3) is 0 Å². The van der Waals surface area contributed by atoms with Gasteiger partial charge in [-0.15, -0.1) is 0 Å². The molecule has 1 heterocycles. The zero-order valence-electron chi connectivity index (χ0n) is 35.6. The van der Waals surface area contributed by atoms with Gasteiger partial charge in [0.15, 0.2) is 37.7 Å². The van der Waals surface area contributed by atoms with Crippen molar-refractivity contribution in [3.63, 3.8) is 0 Å². The number of hydrogen-bond acceptors (Lipinski definition) is 15. The van der Waals surface area contributed by atoms with E-state index in [1.54, 1.807) is 72.8 Å². The molecule has 6 aromatic carbocycles. The molecule has 18 heteroatoms. The Morgan fingerprint density at radius 3 is 0.455 bits per heavy atom. The minimum absolute atomic E-state index is 0.293. The highest BCUT2D eigenvalue weighted by Gasteiger charge is 2.38. The normalized spacial score (nSPS) is 15.4. The number of rotatable bonds is 18. The van der Waals surface area contributed by atoms with E-state index in [1.807, 2.05) is 72.8 Å². The molecular weight excluding hydrogens is 903 g/mol. The van der Waals surface area contributed by atoms with Crippen LogP contribution in [0.15, 0.2) is 159 Å². The van der Waals surface area contributed by atoms with Crippen LogP contribution in [0, 0.1) is 0 Å². The van der Waals surface area contributed by atoms with Gasteiger partial charge in [-0.3, -0.25) is 0 Å². The van der Waals surface area contributed by atoms with Crippen molar-refractivity contribution in [2.45, 2.75) is 74.7 Å². The van der Waals surface area contributed by atoms with Crippen LogP contribution in [-0.2, 0) is 37.0 Å². The number of aliphatic hydroxyl groups excluding tert-OH is 6. The monoisotopic (exact) mass is 957 g/mol. The maximum Gasteiger partial charge on any atom is 0.178 e. The second-order valence-corrected chi connectivity index (χ2v) is 25.9. The van der Waals surface area contributed by atoms with Crippen LogP contribution in [0.3, 0.4) is 0 Å². The lowest BCUT2D eigenvalue weighted by molar-refractivity contribution is -0.0430. The first-order valence-electron chi connectivity index (χ1n) is 21.0. The number of benzene rings is 6. The SMILES string of the molecule is OC(O)c1ccc(CP2(Cc3ccc(C(O)O)cc3)=NP(Cc3ccc(C(O)O)cc3)(Cc3ccc(C(O)O)cc3)=NP(Cc3ccc(C(O)O)cc3)(Cc3ccc(C(O)O)cc3)=N2)cc1. The number of hydrogen-bond donors (Lipinski definition) is 12. The van der Waals surface area contributed by atoms with Crippen LogP contribution in [-0.4, -0.2) is 61.3 Å². The van der Waals surface area contributed by atoms with E-state index in [2.05, 4.69) is 0 Å². The lowest BCUT2D eigenvalue weighted by atomic mass is 10.1. The molecule has 0 bridgehead atoms. The van der Waals surface area contributed by atoms with E-state index in [9.17, 15) is 61.3 Å². The molecule has 0 atom stereocenters. The van der Waals surface area contributed by atoms with E-state index in [0.717, 1.165) is 33.4 Å². The largest absolute Gasteiger partial charge is 0.364 e. The Morgan fingerprint density at radius 2 is 0.348 bits per heavy atom. The third-order valence-corrected chi connectivity index (χ3v) is 24.5. The molecule has 0 aliphatic carbocycles. The van der Waals surface area contributed by atoms with Crippen molar-refractivity contribution in [1.82, 2.24) is 0 Å². The van der Waals surface area contributed by atoms with Crippen LogP contribution in [0.5, 0.6) is 0 Å². The van der Waals surface area contributed by atoms with E-state index in [0.29, 0.717) is 70.4 Å². The molecule has 15 nitrogen and oxygen atoms in total. The predicted octanol–water partition coefficient (Wildman–Crippen LogP) is 7.45. The lowest BCUT2D eigenvalue weighted by Crippen LogP contribution is -2.04. The Balaban J connectivity index is 1.57. The predicted molar refractivity (Wildman–Crippen MR) is 252 cm³/mol. The summed E-state index contributed by atoms with van der Waals surface area (Å²) in [6, 6.07) is 41.4. The van der Waals surface area contributed by atoms with Gasteiger partial charge < -0.3 is 61.3 Å². The Bertz CT molecular complexity index is 2240. The van der Waals surface area contributed by atoms with Gasteiger partial charge in [0.1, 0.15) is 0 Å². The summed E-state index contributed by atoms with van der Waals surface area (Å²) in [5, 5.41) is 120. The fraction of sp³-hybridized carbons (Fsp3) is 0.250. The first-order valence-corrected chi connectivity index (χ1v) is 27.2. The standard InChI is InChI=1S/C48H54N3O12P3/c52-43(53)37-13-1-31(2-14-37)25-64(26-32-3-15-38(16-4-32)44(54)55)49-65(27-33-5-17-39(18-6-33)45(56)57,28-34-7-19-40(20-8-34)46(58)59)51-66(50-64,29-35-9-21-41(22-10-35)47(60)61)30-36-11-23-42(24-12-36)48(62)63/h1-24,43-48,52-63H,25-30H2. The highest BCUT2D eigenvalue weighted by atomic mass is 31.3. The zero-order chi connectivity index (χ0) is 47.2. The summed E-state index contributed by atoms with van der Waals surface area (Å²) in [6.45, 7) is 0. The summed E-state index contributed by atoms with van der Waals surface area (Å²) in [5.41, 5.74) is 6.62. The van der Waals surface area contributed by atoms with Gasteiger partial charge in [0.2, 0.25) is 0 Å². The molecule has 0 fully saturated rings. The van der Waals surface area contributed by atoms with Gasteiger partial charge >= 0.3 is 0 Å². The molecule has 7 rings (SSSR count). The Labute approximate surface area is 382 Å². The summed E-state index contributed by atoms with van der Waals surface area (Å²) in [7, 11) is -9.36. The summed E-state index contributed by atoms with van der Waals surface area (Å²) in [5.74, 6) is 0. The number of aliphatic hydroxyl groups is 12. The molecule has 0 spiro atoms. The van der Waals surface area contributed by atoms with Gasteiger partial charge in [-0.1, -0.05) is 146 Å². The molecule has 0 saturated heterocycles. The average molecular weight is 958 g/mol. The van der Waals surface area contributed by atoms with Crippen molar-refractivity contribution in [1.29, 1.82) is 0 Å². The molecule has 348 valence electrons. The van der Waals surface area contributed by atoms with Crippen molar-refractivity contribution < 1.29 is 61.3 Å². The van der Waals surface area contributed by atoms with E-state index in [4.69, 9.17) is 13.5 Å². The Morgan fingerprint density at radius 1 is 0.227 bits per heavy atom. The van der Waals surface area contributed by atoms with E-state index >= 15 is 0 Å². The van der Waals surface area contributed by atoms with Crippen molar-refractivity contribution in [2.75, 3.05) is 0 Å². The molecule has 0 radical (unpaired) electrons. The molecule has 1 aliphatic rings. The van der Waals surface area contributed by atoms with Crippen LogP contribution in [0.1, 0.15) is 105 Å². The van der Waals surface area contributed by atoms with E-state index < -0.39 is 59.4 Å². The third-order valence-electron chi connectivity index (χ3n) is 11.3. The summed E-state index contributed by atoms with van der Waals surface area (Å²) in [6.07, 6.45) is -8.30.